The summed E-state index contributed by atoms with van der Waals surface area (Å²) in [4.78, 5) is 27.3. The van der Waals surface area contributed by atoms with Gasteiger partial charge in [-0.15, -0.1) is 0 Å². The van der Waals surface area contributed by atoms with Crippen molar-refractivity contribution in [3.63, 3.8) is 0 Å². The third kappa shape index (κ3) is 4.23. The lowest BCUT2D eigenvalue weighted by Crippen LogP contribution is -2.15. The van der Waals surface area contributed by atoms with Crippen LogP contribution >= 0.6 is 11.6 Å². The number of hydrogen-bond acceptors (Lipinski definition) is 6. The zero-order chi connectivity index (χ0) is 20.1. The summed E-state index contributed by atoms with van der Waals surface area (Å²) in [5, 5.41) is 1.43. The van der Waals surface area contributed by atoms with Crippen LogP contribution in [0.25, 0.3) is 10.9 Å². The maximum Gasteiger partial charge on any atom is 0.344 e. The van der Waals surface area contributed by atoms with E-state index in [1.54, 1.807) is 12.1 Å². The minimum Gasteiger partial charge on any atom is -0.493 e. The van der Waals surface area contributed by atoms with Gasteiger partial charge in [-0.05, 0) is 36.8 Å². The third-order valence-electron chi connectivity index (χ3n) is 4.19. The third-order valence-corrected chi connectivity index (χ3v) is 4.69. The average molecular weight is 400 g/mol. The van der Waals surface area contributed by atoms with Crippen LogP contribution in [0.1, 0.15) is 21.6 Å². The molecule has 0 spiro atoms. The average Bonchev–Trinajstić information content (AvgIpc) is 2.73. The molecule has 0 radical (unpaired) electrons. The lowest BCUT2D eigenvalue weighted by atomic mass is 10.1. The molecule has 7 heteroatoms. The predicted molar refractivity (Wildman–Crippen MR) is 105 cm³/mol. The van der Waals surface area contributed by atoms with Gasteiger partial charge in [-0.25, -0.2) is 9.78 Å². The maximum atomic E-state index is 12.1. The molecule has 0 fully saturated rings. The van der Waals surface area contributed by atoms with Crippen LogP contribution in [-0.4, -0.2) is 31.0 Å². The summed E-state index contributed by atoms with van der Waals surface area (Å²) >= 11 is 6.37. The van der Waals surface area contributed by atoms with E-state index in [1.807, 2.05) is 31.2 Å². The van der Waals surface area contributed by atoms with Gasteiger partial charge >= 0.3 is 5.97 Å². The molecule has 0 amide bonds. The van der Waals surface area contributed by atoms with E-state index in [9.17, 15) is 9.59 Å². The van der Waals surface area contributed by atoms with Crippen molar-refractivity contribution in [2.75, 3.05) is 13.7 Å². The van der Waals surface area contributed by atoms with E-state index in [0.717, 1.165) is 16.5 Å². The van der Waals surface area contributed by atoms with Gasteiger partial charge in [0.1, 0.15) is 12.9 Å². The van der Waals surface area contributed by atoms with E-state index >= 15 is 0 Å². The first-order valence-electron chi connectivity index (χ1n) is 8.49. The van der Waals surface area contributed by atoms with Crippen LogP contribution in [0.5, 0.6) is 11.5 Å². The van der Waals surface area contributed by atoms with Gasteiger partial charge in [0.05, 0.1) is 23.3 Å². The molecule has 0 unspecified atom stereocenters. The molecule has 0 bridgehead atoms. The Morgan fingerprint density at radius 3 is 2.71 bits per heavy atom. The van der Waals surface area contributed by atoms with Gasteiger partial charge in [-0.1, -0.05) is 29.8 Å². The van der Waals surface area contributed by atoms with Crippen molar-refractivity contribution >= 4 is 34.8 Å². The Kier molecular flexibility index (Phi) is 6.11. The second-order valence-corrected chi connectivity index (χ2v) is 6.37. The number of aryl methyl sites for hydroxylation is 1. The summed E-state index contributed by atoms with van der Waals surface area (Å²) in [6.07, 6.45) is 0.697. The number of carbonyl (C=O) groups excluding carboxylic acids is 2. The quantitative estimate of drug-likeness (QED) is 0.439. The highest BCUT2D eigenvalue weighted by Gasteiger charge is 2.14. The Hall–Kier alpha value is -3.12. The van der Waals surface area contributed by atoms with Crippen molar-refractivity contribution in [3.05, 3.63) is 64.3 Å². The molecular weight excluding hydrogens is 382 g/mol. The first kappa shape index (κ1) is 19.6. The normalized spacial score (nSPS) is 10.5. The molecule has 3 aromatic rings. The van der Waals surface area contributed by atoms with Crippen LogP contribution < -0.4 is 9.47 Å². The highest BCUT2D eigenvalue weighted by atomic mass is 35.5. The van der Waals surface area contributed by atoms with Crippen molar-refractivity contribution in [1.82, 2.24) is 4.98 Å². The topological polar surface area (TPSA) is 74.7 Å². The van der Waals surface area contributed by atoms with Crippen LogP contribution in [0.2, 0.25) is 5.02 Å². The molecule has 0 N–H and O–H groups in total. The van der Waals surface area contributed by atoms with Crippen molar-refractivity contribution in [3.8, 4) is 11.5 Å². The highest BCUT2D eigenvalue weighted by molar-refractivity contribution is 6.32. The fraction of sp³-hybridized carbons (Fsp3) is 0.190. The van der Waals surface area contributed by atoms with Gasteiger partial charge < -0.3 is 14.2 Å². The molecular formula is C21H18ClNO5. The Morgan fingerprint density at radius 2 is 1.96 bits per heavy atom. The lowest BCUT2D eigenvalue weighted by Gasteiger charge is -2.12. The number of benzene rings is 2. The van der Waals surface area contributed by atoms with E-state index in [0.29, 0.717) is 34.1 Å². The van der Waals surface area contributed by atoms with Gasteiger partial charge in [0.15, 0.2) is 18.1 Å². The number of aromatic nitrogens is 1. The zero-order valence-electron chi connectivity index (χ0n) is 15.4. The van der Waals surface area contributed by atoms with Gasteiger partial charge in [-0.3, -0.25) is 4.79 Å². The molecule has 3 rings (SSSR count). The second-order valence-electron chi connectivity index (χ2n) is 5.99. The van der Waals surface area contributed by atoms with Gasteiger partial charge in [-0.2, -0.15) is 0 Å². The number of carbonyl (C=O) groups is 2. The summed E-state index contributed by atoms with van der Waals surface area (Å²) in [6.45, 7) is 1.52. The minimum atomic E-state index is -0.579. The number of methoxy groups -OCH3 is 1. The number of esters is 1. The van der Waals surface area contributed by atoms with Crippen molar-refractivity contribution in [2.45, 2.75) is 13.5 Å². The van der Waals surface area contributed by atoms with E-state index in [4.69, 9.17) is 25.8 Å². The van der Waals surface area contributed by atoms with Crippen LogP contribution in [0.15, 0.2) is 42.5 Å². The van der Waals surface area contributed by atoms with Gasteiger partial charge in [0, 0.05) is 10.9 Å². The minimum absolute atomic E-state index is 0.0616. The summed E-state index contributed by atoms with van der Waals surface area (Å²) in [7, 11) is 1.45. The molecule has 0 atom stereocenters. The highest BCUT2D eigenvalue weighted by Crippen LogP contribution is 2.28. The number of fused-ring (bicyclic) bond motifs is 1. The van der Waals surface area contributed by atoms with Crippen molar-refractivity contribution < 1.29 is 23.8 Å². The molecule has 1 heterocycles. The van der Waals surface area contributed by atoms with E-state index in [-0.39, 0.29) is 13.2 Å². The summed E-state index contributed by atoms with van der Waals surface area (Å²) < 4.78 is 15.8. The van der Waals surface area contributed by atoms with Gasteiger partial charge in [0.2, 0.25) is 0 Å². The number of pyridine rings is 1. The molecule has 1 aromatic heterocycles. The lowest BCUT2D eigenvalue weighted by molar-refractivity contribution is -0.147. The zero-order valence-corrected chi connectivity index (χ0v) is 16.2. The van der Waals surface area contributed by atoms with Crippen molar-refractivity contribution in [2.24, 2.45) is 0 Å². The largest absolute Gasteiger partial charge is 0.493 e. The molecule has 144 valence electrons. The Balaban J connectivity index is 1.64. The number of ether oxygens (including phenoxy) is 3. The first-order chi connectivity index (χ1) is 13.5. The molecule has 2 aromatic carbocycles. The Morgan fingerprint density at radius 1 is 1.18 bits per heavy atom. The van der Waals surface area contributed by atoms with E-state index in [1.165, 1.54) is 13.2 Å². The molecule has 0 saturated carbocycles. The van der Waals surface area contributed by atoms with Crippen LogP contribution in [0.4, 0.5) is 0 Å². The smallest absolute Gasteiger partial charge is 0.344 e. The van der Waals surface area contributed by atoms with Crippen LogP contribution in [-0.2, 0) is 16.1 Å². The van der Waals surface area contributed by atoms with Crippen LogP contribution in [0.3, 0.4) is 0 Å². The molecule has 0 aliphatic carbocycles. The fourth-order valence-corrected chi connectivity index (χ4v) is 2.92. The summed E-state index contributed by atoms with van der Waals surface area (Å²) in [5.74, 6) is 0.111. The molecule has 0 aliphatic rings. The van der Waals surface area contributed by atoms with E-state index < -0.39 is 5.97 Å². The molecule has 0 saturated heterocycles. The number of halogens is 1. The van der Waals surface area contributed by atoms with Crippen LogP contribution in [0, 0.1) is 6.92 Å². The number of hydrogen-bond donors (Lipinski definition) is 0. The Labute approximate surface area is 167 Å². The number of rotatable bonds is 7. The van der Waals surface area contributed by atoms with Crippen molar-refractivity contribution in [1.29, 1.82) is 0 Å². The van der Waals surface area contributed by atoms with Gasteiger partial charge in [0.25, 0.3) is 0 Å². The summed E-state index contributed by atoms with van der Waals surface area (Å²) in [6, 6.07) is 12.3. The maximum absolute atomic E-state index is 12.1. The second kappa shape index (κ2) is 8.71. The first-order valence-corrected chi connectivity index (χ1v) is 8.86. The predicted octanol–water partition coefficient (Wildman–Crippen LogP) is 4.14. The Bertz CT molecular complexity index is 1030. The monoisotopic (exact) mass is 399 g/mol. The SMILES string of the molecule is COc1cc(C=O)ccc1OCC(=O)OCc1nc2ccccc2c(C)c1Cl. The molecule has 6 nitrogen and oxygen atoms in total. The molecule has 0 aliphatic heterocycles. The summed E-state index contributed by atoms with van der Waals surface area (Å²) in [5.41, 5.74) is 2.60. The number of para-hydroxylation sites is 1. The standard InChI is InChI=1S/C21H18ClNO5/c1-13-15-5-3-4-6-16(15)23-17(21(13)22)11-28-20(25)12-27-18-8-7-14(10-24)9-19(18)26-2/h3-10H,11-12H2,1-2H3. The fourth-order valence-electron chi connectivity index (χ4n) is 2.72. The number of nitrogens with zero attached hydrogens (tertiary/aromatic N) is 1. The molecule has 28 heavy (non-hydrogen) atoms. The van der Waals surface area contributed by atoms with E-state index in [2.05, 4.69) is 4.98 Å². The number of aldehydes is 1.